The van der Waals surface area contributed by atoms with E-state index < -0.39 is 20.0 Å². The van der Waals surface area contributed by atoms with Crippen molar-refractivity contribution in [3.8, 4) is 0 Å². The van der Waals surface area contributed by atoms with Crippen molar-refractivity contribution in [2.24, 2.45) is 0 Å². The van der Waals surface area contributed by atoms with Gasteiger partial charge in [-0.2, -0.15) is 0 Å². The van der Waals surface area contributed by atoms with Crippen LogP contribution in [-0.2, 0) is 18.4 Å². The van der Waals surface area contributed by atoms with E-state index in [0.29, 0.717) is 17.4 Å². The van der Waals surface area contributed by atoms with Crippen LogP contribution in [0.4, 0.5) is 0 Å². The highest BCUT2D eigenvalue weighted by Gasteiger charge is 2.23. The Balaban J connectivity index is 4.01. The molecule has 76 heavy (non-hydrogen) atoms. The first-order chi connectivity index (χ1) is 37.0. The number of phosphoric ester groups is 1. The van der Waals surface area contributed by atoms with Crippen LogP contribution < -0.4 is 10.2 Å². The van der Waals surface area contributed by atoms with Gasteiger partial charge in [-0.3, -0.25) is 9.36 Å². The Labute approximate surface area is 475 Å². The van der Waals surface area contributed by atoms with Gasteiger partial charge >= 0.3 is 0 Å². The van der Waals surface area contributed by atoms with Gasteiger partial charge in [0, 0.05) is 6.42 Å². The number of nitrogens with zero attached hydrogens (tertiary/aromatic N) is 1. The number of hydrogen-bond donors (Lipinski definition) is 2. The summed E-state index contributed by atoms with van der Waals surface area (Å²) in [5.74, 6) is -0.188. The van der Waals surface area contributed by atoms with E-state index in [4.69, 9.17) is 9.05 Å². The van der Waals surface area contributed by atoms with E-state index in [1.807, 2.05) is 27.2 Å². The molecule has 454 valence electrons. The lowest BCUT2D eigenvalue weighted by Gasteiger charge is -2.29. The summed E-state index contributed by atoms with van der Waals surface area (Å²) in [6.07, 6.45) is 74.7. The number of carbonyl (C=O) groups excluding carboxylic acids is 1. The summed E-state index contributed by atoms with van der Waals surface area (Å²) in [4.78, 5) is 25.6. The van der Waals surface area contributed by atoms with Gasteiger partial charge in [0.1, 0.15) is 13.2 Å². The smallest absolute Gasteiger partial charge is 0.268 e. The Hall–Kier alpha value is -0.760. The van der Waals surface area contributed by atoms with Gasteiger partial charge in [0.05, 0.1) is 39.9 Å². The van der Waals surface area contributed by atoms with Crippen LogP contribution in [0, 0.1) is 0 Å². The topological polar surface area (TPSA) is 108 Å². The predicted molar refractivity (Wildman–Crippen MR) is 330 cm³/mol. The Bertz CT molecular complexity index is 1240. The second kappa shape index (κ2) is 58.9. The number of amides is 1. The number of allylic oxidation sites excluding steroid dienone is 1. The normalized spacial score (nSPS) is 13.7. The molecule has 0 aromatic rings. The van der Waals surface area contributed by atoms with Crippen molar-refractivity contribution in [1.82, 2.24) is 5.32 Å². The summed E-state index contributed by atoms with van der Waals surface area (Å²) >= 11 is 0. The average molecular weight is 1100 g/mol. The van der Waals surface area contributed by atoms with Crippen LogP contribution in [0.3, 0.4) is 0 Å². The molecule has 3 atom stereocenters. The highest BCUT2D eigenvalue weighted by molar-refractivity contribution is 7.45. The molecular formula is C67H135N2O6P. The zero-order valence-electron chi connectivity index (χ0n) is 52.0. The van der Waals surface area contributed by atoms with Gasteiger partial charge < -0.3 is 28.8 Å². The molecule has 0 aromatic carbocycles. The van der Waals surface area contributed by atoms with Gasteiger partial charge in [0.2, 0.25) is 5.91 Å². The number of rotatable bonds is 64. The Morgan fingerprint density at radius 2 is 0.711 bits per heavy atom. The lowest BCUT2D eigenvalue weighted by Crippen LogP contribution is -2.45. The fraction of sp³-hybridized carbons (Fsp3) is 0.955. The average Bonchev–Trinajstić information content (AvgIpc) is 3.38. The van der Waals surface area contributed by atoms with E-state index in [1.165, 1.54) is 302 Å². The number of nitrogens with one attached hydrogen (secondary N) is 1. The van der Waals surface area contributed by atoms with Crippen molar-refractivity contribution in [3.05, 3.63) is 12.2 Å². The summed E-state index contributed by atoms with van der Waals surface area (Å²) in [6, 6.07) is -0.883. The second-order valence-electron chi connectivity index (χ2n) is 24.9. The number of phosphoric acid groups is 1. The van der Waals surface area contributed by atoms with Crippen LogP contribution in [0.15, 0.2) is 12.2 Å². The fourth-order valence-electron chi connectivity index (χ4n) is 10.7. The van der Waals surface area contributed by atoms with E-state index in [9.17, 15) is 19.4 Å². The highest BCUT2D eigenvalue weighted by atomic mass is 31.2. The van der Waals surface area contributed by atoms with Gasteiger partial charge in [0.25, 0.3) is 7.82 Å². The zero-order chi connectivity index (χ0) is 55.6. The van der Waals surface area contributed by atoms with Crippen LogP contribution in [0.5, 0.6) is 0 Å². The molecule has 2 N–H and O–H groups in total. The van der Waals surface area contributed by atoms with Crippen molar-refractivity contribution in [2.45, 2.75) is 373 Å². The lowest BCUT2D eigenvalue weighted by molar-refractivity contribution is -0.870. The zero-order valence-corrected chi connectivity index (χ0v) is 52.9. The SMILES string of the molecule is CCCCCCCCCCCCCCCCCCCCCC/C=C/C(O)C(COP(=O)([O-])OCC[N+](C)(C)C)NC(=O)CCCCCCCCCCCCCCCCCCCCCCCCCCCCCCCCCC. The van der Waals surface area contributed by atoms with Gasteiger partial charge in [-0.25, -0.2) is 0 Å². The molecule has 0 rings (SSSR count). The fourth-order valence-corrected chi connectivity index (χ4v) is 11.4. The van der Waals surface area contributed by atoms with E-state index in [1.54, 1.807) is 6.08 Å². The second-order valence-corrected chi connectivity index (χ2v) is 26.3. The van der Waals surface area contributed by atoms with Crippen LogP contribution in [0.25, 0.3) is 0 Å². The van der Waals surface area contributed by atoms with Gasteiger partial charge in [-0.1, -0.05) is 347 Å². The molecule has 0 radical (unpaired) electrons. The van der Waals surface area contributed by atoms with Crippen LogP contribution in [0.1, 0.15) is 361 Å². The van der Waals surface area contributed by atoms with Gasteiger partial charge in [0.15, 0.2) is 0 Å². The quantitative estimate of drug-likeness (QED) is 0.0272. The molecule has 1 amide bonds. The third-order valence-electron chi connectivity index (χ3n) is 16.0. The molecular weight excluding hydrogens is 960 g/mol. The molecule has 0 fully saturated rings. The van der Waals surface area contributed by atoms with E-state index in [-0.39, 0.29) is 19.1 Å². The van der Waals surface area contributed by atoms with Crippen molar-refractivity contribution in [2.75, 3.05) is 40.9 Å². The number of unbranched alkanes of at least 4 members (excludes halogenated alkanes) is 51. The van der Waals surface area contributed by atoms with Crippen molar-refractivity contribution >= 4 is 13.7 Å². The molecule has 0 bridgehead atoms. The van der Waals surface area contributed by atoms with Crippen LogP contribution in [0.2, 0.25) is 0 Å². The number of likely N-dealkylation sites (N-methyl/N-ethyl adjacent to an activating group) is 1. The first-order valence-corrected chi connectivity index (χ1v) is 35.5. The third kappa shape index (κ3) is 60.9. The summed E-state index contributed by atoms with van der Waals surface area (Å²) in [5, 5.41) is 14.0. The molecule has 8 nitrogen and oxygen atoms in total. The number of carbonyl (C=O) groups is 1. The van der Waals surface area contributed by atoms with E-state index in [2.05, 4.69) is 19.2 Å². The molecule has 3 unspecified atom stereocenters. The summed E-state index contributed by atoms with van der Waals surface area (Å²) in [6.45, 7) is 4.72. The molecule has 0 aromatic heterocycles. The van der Waals surface area contributed by atoms with Crippen molar-refractivity contribution in [3.63, 3.8) is 0 Å². The lowest BCUT2D eigenvalue weighted by atomic mass is 10.0. The first kappa shape index (κ1) is 75.2. The third-order valence-corrected chi connectivity index (χ3v) is 17.0. The molecule has 0 aliphatic carbocycles. The molecule has 9 heteroatoms. The number of hydrogen-bond acceptors (Lipinski definition) is 6. The van der Waals surface area contributed by atoms with Gasteiger partial charge in [-0.05, 0) is 19.3 Å². The first-order valence-electron chi connectivity index (χ1n) is 34.1. The van der Waals surface area contributed by atoms with Crippen LogP contribution >= 0.6 is 7.82 Å². The predicted octanol–water partition coefficient (Wildman–Crippen LogP) is 20.7. The Kier molecular flexibility index (Phi) is 58.3. The van der Waals surface area contributed by atoms with E-state index in [0.717, 1.165) is 38.5 Å². The molecule has 0 heterocycles. The summed E-state index contributed by atoms with van der Waals surface area (Å²) in [5.41, 5.74) is 0. The Morgan fingerprint density at radius 1 is 0.447 bits per heavy atom. The maximum atomic E-state index is 13.0. The number of aliphatic hydroxyl groups excluding tert-OH is 1. The molecule has 0 saturated heterocycles. The minimum absolute atomic E-state index is 0.00293. The highest BCUT2D eigenvalue weighted by Crippen LogP contribution is 2.38. The standard InChI is InChI=1S/C67H135N2O6P/c1-6-8-10-12-14-16-18-20-22-24-26-28-30-31-32-33-34-35-36-37-38-39-41-43-45-47-49-51-53-55-57-59-61-67(71)68-65(64-75-76(72,73)74-63-62-69(3,4)5)66(70)60-58-56-54-52-50-48-46-44-42-40-29-27-25-23-21-19-17-15-13-11-9-7-2/h58,60,65-66,70H,6-57,59,61-64H2,1-5H3,(H-,68,71,72,73)/b60-58+. The molecule has 0 spiro atoms. The van der Waals surface area contributed by atoms with Gasteiger partial charge in [-0.15, -0.1) is 0 Å². The minimum Gasteiger partial charge on any atom is -0.756 e. The number of quaternary nitrogens is 1. The maximum Gasteiger partial charge on any atom is 0.268 e. The number of aliphatic hydroxyl groups is 1. The minimum atomic E-state index is -4.60. The largest absolute Gasteiger partial charge is 0.756 e. The molecule has 0 saturated carbocycles. The monoisotopic (exact) mass is 1100 g/mol. The Morgan fingerprint density at radius 3 is 0.987 bits per heavy atom. The molecule has 0 aliphatic heterocycles. The van der Waals surface area contributed by atoms with E-state index >= 15 is 0 Å². The van der Waals surface area contributed by atoms with Crippen molar-refractivity contribution in [1.29, 1.82) is 0 Å². The van der Waals surface area contributed by atoms with Crippen LogP contribution in [-0.4, -0.2) is 68.5 Å². The maximum absolute atomic E-state index is 13.0. The summed E-state index contributed by atoms with van der Waals surface area (Å²) in [7, 11) is 1.28. The molecule has 0 aliphatic rings. The van der Waals surface area contributed by atoms with Crippen molar-refractivity contribution < 1.29 is 32.9 Å². The summed E-state index contributed by atoms with van der Waals surface area (Å²) < 4.78 is 23.4.